The quantitative estimate of drug-likeness (QED) is 0.611. The first-order valence-electron chi connectivity index (χ1n) is 13.3. The molecule has 2 aromatic rings. The Balaban J connectivity index is 1.40. The number of likely N-dealkylation sites (tertiary alicyclic amines) is 1. The van der Waals surface area contributed by atoms with E-state index >= 15 is 0 Å². The Hall–Kier alpha value is -2.70. The average Bonchev–Trinajstić information content (AvgIpc) is 3.35. The topological polar surface area (TPSA) is 80.1 Å². The molecule has 3 fully saturated rings. The molecule has 2 aliphatic carbocycles. The fourth-order valence-electron chi connectivity index (χ4n) is 6.13. The minimum Gasteiger partial charge on any atom is -0.341 e. The third-order valence-electron chi connectivity index (χ3n) is 8.14. The molecule has 1 saturated heterocycles. The standard InChI is InChI=1S/C28H39N5O2/c1-16(2)10-20-12-21(13-20)26-30-31-27(33(26)22-7-8-22)23-14-32(19(5)34)15-24(23)28(35)29-25-9-6-17(3)11-18(25)4/h6,9,11,16,20-24H,7-8,10,12-15H2,1-5H3,(H,29,35)/t20-,21-,23-,24-/m1/s1. The van der Waals surface area contributed by atoms with E-state index in [1.54, 1.807) is 11.8 Å². The summed E-state index contributed by atoms with van der Waals surface area (Å²) in [5, 5.41) is 12.6. The second kappa shape index (κ2) is 9.40. The maximum Gasteiger partial charge on any atom is 0.230 e. The van der Waals surface area contributed by atoms with Crippen LogP contribution in [-0.2, 0) is 9.59 Å². The second-order valence-corrected chi connectivity index (χ2v) is 11.6. The Morgan fingerprint density at radius 3 is 2.43 bits per heavy atom. The van der Waals surface area contributed by atoms with Crippen LogP contribution in [0.5, 0.6) is 0 Å². The normalized spacial score (nSPS) is 26.2. The van der Waals surface area contributed by atoms with E-state index in [2.05, 4.69) is 29.8 Å². The highest BCUT2D eigenvalue weighted by Gasteiger charge is 2.45. The van der Waals surface area contributed by atoms with Crippen LogP contribution in [0.15, 0.2) is 18.2 Å². The highest BCUT2D eigenvalue weighted by molar-refractivity contribution is 5.94. The Labute approximate surface area is 208 Å². The predicted molar refractivity (Wildman–Crippen MR) is 136 cm³/mol. The van der Waals surface area contributed by atoms with Gasteiger partial charge in [-0.3, -0.25) is 9.59 Å². The third kappa shape index (κ3) is 4.87. The van der Waals surface area contributed by atoms with Crippen molar-refractivity contribution in [1.29, 1.82) is 0 Å². The molecule has 2 saturated carbocycles. The van der Waals surface area contributed by atoms with E-state index in [0.29, 0.717) is 25.0 Å². The van der Waals surface area contributed by atoms with Crippen LogP contribution in [0.2, 0.25) is 0 Å². The largest absolute Gasteiger partial charge is 0.341 e. The first-order valence-corrected chi connectivity index (χ1v) is 13.3. The molecule has 1 N–H and O–H groups in total. The summed E-state index contributed by atoms with van der Waals surface area (Å²) in [4.78, 5) is 27.7. The number of aromatic nitrogens is 3. The van der Waals surface area contributed by atoms with Crippen molar-refractivity contribution in [1.82, 2.24) is 19.7 Å². The van der Waals surface area contributed by atoms with Gasteiger partial charge in [0.2, 0.25) is 11.8 Å². The summed E-state index contributed by atoms with van der Waals surface area (Å²) in [6.07, 6.45) is 5.93. The monoisotopic (exact) mass is 477 g/mol. The molecular weight excluding hydrogens is 438 g/mol. The summed E-state index contributed by atoms with van der Waals surface area (Å²) in [5.41, 5.74) is 3.04. The van der Waals surface area contributed by atoms with Crippen LogP contribution < -0.4 is 5.32 Å². The van der Waals surface area contributed by atoms with Gasteiger partial charge in [-0.2, -0.15) is 0 Å². The number of nitrogens with zero attached hydrogens (tertiary/aromatic N) is 4. The molecule has 2 heterocycles. The molecule has 0 bridgehead atoms. The number of anilines is 1. The molecule has 35 heavy (non-hydrogen) atoms. The fourth-order valence-corrected chi connectivity index (χ4v) is 6.13. The lowest BCUT2D eigenvalue weighted by Crippen LogP contribution is -2.31. The predicted octanol–water partition coefficient (Wildman–Crippen LogP) is 4.97. The summed E-state index contributed by atoms with van der Waals surface area (Å²) in [5.74, 6) is 3.46. The molecule has 0 spiro atoms. The van der Waals surface area contributed by atoms with Gasteiger partial charge in [0.15, 0.2) is 0 Å². The van der Waals surface area contributed by atoms with Crippen molar-refractivity contribution >= 4 is 17.5 Å². The Morgan fingerprint density at radius 2 is 1.80 bits per heavy atom. The summed E-state index contributed by atoms with van der Waals surface area (Å²) in [6.45, 7) is 11.2. The molecular formula is C28H39N5O2. The van der Waals surface area contributed by atoms with Crippen LogP contribution in [0.1, 0.15) is 93.5 Å². The van der Waals surface area contributed by atoms with Crippen molar-refractivity contribution in [2.75, 3.05) is 18.4 Å². The van der Waals surface area contributed by atoms with Crippen LogP contribution >= 0.6 is 0 Å². The number of carbonyl (C=O) groups excluding carboxylic acids is 2. The fraction of sp³-hybridized carbons (Fsp3) is 0.643. The van der Waals surface area contributed by atoms with E-state index < -0.39 is 0 Å². The molecule has 7 nitrogen and oxygen atoms in total. The molecule has 1 aliphatic heterocycles. The number of aryl methyl sites for hydroxylation is 2. The van der Waals surface area contributed by atoms with E-state index in [4.69, 9.17) is 10.2 Å². The minimum atomic E-state index is -0.343. The molecule has 1 aromatic carbocycles. The van der Waals surface area contributed by atoms with Crippen LogP contribution in [-0.4, -0.2) is 44.6 Å². The van der Waals surface area contributed by atoms with Gasteiger partial charge in [-0.05, 0) is 69.4 Å². The summed E-state index contributed by atoms with van der Waals surface area (Å²) in [6, 6.07) is 6.49. The number of hydrogen-bond donors (Lipinski definition) is 1. The smallest absolute Gasteiger partial charge is 0.230 e. The van der Waals surface area contributed by atoms with E-state index in [0.717, 1.165) is 47.6 Å². The molecule has 2 atom stereocenters. The van der Waals surface area contributed by atoms with Crippen LogP contribution in [0.4, 0.5) is 5.69 Å². The van der Waals surface area contributed by atoms with Crippen molar-refractivity contribution < 1.29 is 9.59 Å². The molecule has 3 aliphatic rings. The first-order chi connectivity index (χ1) is 16.7. The van der Waals surface area contributed by atoms with E-state index in [1.165, 1.54) is 24.8 Å². The number of hydrogen-bond acceptors (Lipinski definition) is 4. The lowest BCUT2D eigenvalue weighted by atomic mass is 9.71. The molecule has 0 unspecified atom stereocenters. The molecule has 2 amide bonds. The van der Waals surface area contributed by atoms with E-state index in [1.807, 2.05) is 26.0 Å². The average molecular weight is 478 g/mol. The van der Waals surface area contributed by atoms with Crippen molar-refractivity contribution in [2.45, 2.75) is 84.6 Å². The van der Waals surface area contributed by atoms with Gasteiger partial charge >= 0.3 is 0 Å². The van der Waals surface area contributed by atoms with Crippen molar-refractivity contribution in [3.05, 3.63) is 41.0 Å². The Bertz CT molecular complexity index is 1110. The lowest BCUT2D eigenvalue weighted by Gasteiger charge is -2.36. The van der Waals surface area contributed by atoms with Gasteiger partial charge in [-0.25, -0.2) is 0 Å². The van der Waals surface area contributed by atoms with Crippen molar-refractivity contribution in [3.63, 3.8) is 0 Å². The van der Waals surface area contributed by atoms with E-state index in [9.17, 15) is 9.59 Å². The molecule has 1 aromatic heterocycles. The van der Waals surface area contributed by atoms with Crippen LogP contribution in [0.25, 0.3) is 0 Å². The number of nitrogens with one attached hydrogen (secondary N) is 1. The summed E-state index contributed by atoms with van der Waals surface area (Å²) >= 11 is 0. The zero-order valence-electron chi connectivity index (χ0n) is 21.8. The Morgan fingerprint density at radius 1 is 1.09 bits per heavy atom. The third-order valence-corrected chi connectivity index (χ3v) is 8.14. The molecule has 0 radical (unpaired) electrons. The van der Waals surface area contributed by atoms with Gasteiger partial charge in [0.05, 0.1) is 11.8 Å². The first kappa shape index (κ1) is 24.0. The van der Waals surface area contributed by atoms with Gasteiger partial charge in [0, 0.05) is 37.7 Å². The van der Waals surface area contributed by atoms with Gasteiger partial charge in [0.1, 0.15) is 11.6 Å². The highest BCUT2D eigenvalue weighted by Crippen LogP contribution is 2.48. The zero-order valence-corrected chi connectivity index (χ0v) is 21.8. The SMILES string of the molecule is CC(=O)N1C[C@@H](C(=O)Nc2ccc(C)cc2C)[C@H](c2nnc([C@H]3C[C@H](CC(C)C)C3)n2C2CC2)C1. The van der Waals surface area contributed by atoms with Gasteiger partial charge in [-0.15, -0.1) is 10.2 Å². The van der Waals surface area contributed by atoms with E-state index in [-0.39, 0.29) is 23.7 Å². The highest BCUT2D eigenvalue weighted by atomic mass is 16.2. The van der Waals surface area contributed by atoms with Crippen molar-refractivity contribution in [2.24, 2.45) is 17.8 Å². The lowest BCUT2D eigenvalue weighted by molar-refractivity contribution is -0.128. The molecule has 7 heteroatoms. The number of amides is 2. The minimum absolute atomic E-state index is 0.00467. The number of benzene rings is 1. The van der Waals surface area contributed by atoms with Gasteiger partial charge in [-0.1, -0.05) is 31.5 Å². The van der Waals surface area contributed by atoms with Crippen LogP contribution in [0.3, 0.4) is 0 Å². The zero-order chi connectivity index (χ0) is 24.9. The Kier molecular flexibility index (Phi) is 6.45. The maximum absolute atomic E-state index is 13.5. The van der Waals surface area contributed by atoms with Crippen molar-refractivity contribution in [3.8, 4) is 0 Å². The summed E-state index contributed by atoms with van der Waals surface area (Å²) < 4.78 is 2.36. The number of carbonyl (C=O) groups is 2. The van der Waals surface area contributed by atoms with Gasteiger partial charge < -0.3 is 14.8 Å². The van der Waals surface area contributed by atoms with Gasteiger partial charge in [0.25, 0.3) is 0 Å². The van der Waals surface area contributed by atoms with Crippen LogP contribution in [0, 0.1) is 31.6 Å². The second-order valence-electron chi connectivity index (χ2n) is 11.6. The molecule has 188 valence electrons. The molecule has 5 rings (SSSR count). The maximum atomic E-state index is 13.5. The number of rotatable bonds is 7. The summed E-state index contributed by atoms with van der Waals surface area (Å²) in [7, 11) is 0.